The van der Waals surface area contributed by atoms with Gasteiger partial charge in [0.05, 0.1) is 6.54 Å². The van der Waals surface area contributed by atoms with E-state index in [0.29, 0.717) is 18.5 Å². The van der Waals surface area contributed by atoms with Crippen LogP contribution in [0.5, 0.6) is 0 Å². The molecule has 3 nitrogen and oxygen atoms in total. The Balaban J connectivity index is 0.00000220. The number of benzene rings is 1. The Morgan fingerprint density at radius 3 is 2.33 bits per heavy atom. The molecular formula is C16H25ClIN3. The fraction of sp³-hybridized carbons (Fsp3) is 0.562. The minimum atomic E-state index is 0. The van der Waals surface area contributed by atoms with Gasteiger partial charge in [-0.25, -0.2) is 0 Å². The van der Waals surface area contributed by atoms with Crippen molar-refractivity contribution in [1.29, 1.82) is 0 Å². The summed E-state index contributed by atoms with van der Waals surface area (Å²) in [5, 5.41) is 4.01. The second kappa shape index (κ2) is 8.22. The Kier molecular flexibility index (Phi) is 7.27. The van der Waals surface area contributed by atoms with Gasteiger partial charge >= 0.3 is 0 Å². The number of rotatable bonds is 6. The van der Waals surface area contributed by atoms with E-state index in [1.165, 1.54) is 18.4 Å². The molecular weight excluding hydrogens is 397 g/mol. The van der Waals surface area contributed by atoms with Gasteiger partial charge in [-0.05, 0) is 43.4 Å². The van der Waals surface area contributed by atoms with Crippen molar-refractivity contribution in [3.05, 3.63) is 34.9 Å². The van der Waals surface area contributed by atoms with Gasteiger partial charge in [0, 0.05) is 16.5 Å². The van der Waals surface area contributed by atoms with Gasteiger partial charge in [0.25, 0.3) is 0 Å². The molecule has 5 heteroatoms. The van der Waals surface area contributed by atoms with Crippen molar-refractivity contribution in [3.8, 4) is 0 Å². The number of hydrogen-bond donors (Lipinski definition) is 2. The smallest absolute Gasteiger partial charge is 0.188 e. The van der Waals surface area contributed by atoms with E-state index in [0.717, 1.165) is 17.9 Å². The normalized spacial score (nSPS) is 15.5. The molecule has 2 rings (SSSR count). The molecule has 1 aromatic carbocycles. The summed E-state index contributed by atoms with van der Waals surface area (Å²) >= 11 is 5.98. The van der Waals surface area contributed by atoms with Crippen molar-refractivity contribution in [2.75, 3.05) is 6.54 Å². The maximum absolute atomic E-state index is 5.98. The third-order valence-corrected chi connectivity index (χ3v) is 4.54. The Hall–Kier alpha value is -0.490. The highest BCUT2D eigenvalue weighted by Crippen LogP contribution is 2.32. The number of halogens is 2. The highest BCUT2D eigenvalue weighted by Gasteiger charge is 2.28. The molecule has 1 saturated carbocycles. The first-order chi connectivity index (χ1) is 9.59. The van der Waals surface area contributed by atoms with Crippen LogP contribution in [0.4, 0.5) is 0 Å². The zero-order valence-electron chi connectivity index (χ0n) is 12.7. The third-order valence-electron chi connectivity index (χ3n) is 4.29. The molecule has 0 radical (unpaired) electrons. The number of guanidine groups is 1. The molecule has 0 aromatic heterocycles. The van der Waals surface area contributed by atoms with Crippen molar-refractivity contribution < 1.29 is 0 Å². The third kappa shape index (κ3) is 5.02. The van der Waals surface area contributed by atoms with Crippen LogP contribution in [0.2, 0.25) is 5.02 Å². The lowest BCUT2D eigenvalue weighted by molar-refractivity contribution is 0.407. The van der Waals surface area contributed by atoms with Crippen molar-refractivity contribution in [2.45, 2.75) is 51.0 Å². The summed E-state index contributed by atoms with van der Waals surface area (Å²) in [6.45, 7) is 5.13. The van der Waals surface area contributed by atoms with Crippen LogP contribution < -0.4 is 11.1 Å². The van der Waals surface area contributed by atoms with E-state index in [1.54, 1.807) is 0 Å². The van der Waals surface area contributed by atoms with E-state index in [9.17, 15) is 0 Å². The van der Waals surface area contributed by atoms with Gasteiger partial charge in [-0.15, -0.1) is 24.0 Å². The summed E-state index contributed by atoms with van der Waals surface area (Å²) in [7, 11) is 0. The van der Waals surface area contributed by atoms with Gasteiger partial charge in [0.2, 0.25) is 0 Å². The molecule has 0 unspecified atom stereocenters. The summed E-state index contributed by atoms with van der Waals surface area (Å²) in [4.78, 5) is 4.57. The van der Waals surface area contributed by atoms with Gasteiger partial charge in [0.1, 0.15) is 0 Å². The Morgan fingerprint density at radius 2 is 1.86 bits per heavy atom. The Morgan fingerprint density at radius 1 is 1.29 bits per heavy atom. The summed E-state index contributed by atoms with van der Waals surface area (Å²) in [5.41, 5.74) is 7.28. The van der Waals surface area contributed by atoms with E-state index in [1.807, 2.05) is 12.1 Å². The molecule has 0 atom stereocenters. The summed E-state index contributed by atoms with van der Waals surface area (Å²) in [6.07, 6.45) is 4.48. The Bertz CT molecular complexity index is 465. The van der Waals surface area contributed by atoms with E-state index in [2.05, 4.69) is 36.3 Å². The number of aliphatic imine (C=N–C) groups is 1. The molecule has 0 bridgehead atoms. The van der Waals surface area contributed by atoms with Crippen molar-refractivity contribution in [1.82, 2.24) is 5.32 Å². The number of nitrogens with two attached hydrogens (primary N) is 1. The van der Waals surface area contributed by atoms with Crippen LogP contribution in [0.1, 0.15) is 45.1 Å². The second-order valence-electron chi connectivity index (χ2n) is 5.61. The number of hydrogen-bond acceptors (Lipinski definition) is 1. The van der Waals surface area contributed by atoms with Gasteiger partial charge in [0.15, 0.2) is 5.96 Å². The number of nitrogens with one attached hydrogen (secondary N) is 1. The van der Waals surface area contributed by atoms with E-state index in [4.69, 9.17) is 17.3 Å². The highest BCUT2D eigenvalue weighted by molar-refractivity contribution is 14.0. The monoisotopic (exact) mass is 421 g/mol. The average Bonchev–Trinajstić information content (AvgIpc) is 3.26. The predicted octanol–water partition coefficient (Wildman–Crippen LogP) is 4.08. The lowest BCUT2D eigenvalue weighted by Gasteiger charge is -2.31. The minimum Gasteiger partial charge on any atom is -0.370 e. The molecule has 118 valence electrons. The minimum absolute atomic E-state index is 0. The standard InChI is InChI=1S/C16H24ClN3.HI/c1-3-16(4-2,12-5-7-13(17)8-6-12)11-19-15(18)20-14-9-10-14;/h5-8,14H,3-4,9-11H2,1-2H3,(H3,18,19,20);1H. The molecule has 1 fully saturated rings. The molecule has 0 heterocycles. The van der Waals surface area contributed by atoms with Gasteiger partial charge in [-0.3, -0.25) is 4.99 Å². The van der Waals surface area contributed by atoms with E-state index < -0.39 is 0 Å². The largest absolute Gasteiger partial charge is 0.370 e. The van der Waals surface area contributed by atoms with Crippen LogP contribution in [-0.4, -0.2) is 18.5 Å². The van der Waals surface area contributed by atoms with Crippen molar-refractivity contribution in [2.24, 2.45) is 10.7 Å². The Labute approximate surface area is 149 Å². The first-order valence-corrected chi connectivity index (χ1v) is 7.80. The summed E-state index contributed by atoms with van der Waals surface area (Å²) < 4.78 is 0. The van der Waals surface area contributed by atoms with Gasteiger partial charge < -0.3 is 11.1 Å². The topological polar surface area (TPSA) is 50.4 Å². The molecule has 0 aliphatic heterocycles. The maximum atomic E-state index is 5.98. The molecule has 0 amide bonds. The van der Waals surface area contributed by atoms with Crippen molar-refractivity contribution in [3.63, 3.8) is 0 Å². The van der Waals surface area contributed by atoms with Crippen LogP contribution in [0.25, 0.3) is 0 Å². The van der Waals surface area contributed by atoms with Gasteiger partial charge in [-0.1, -0.05) is 37.6 Å². The lowest BCUT2D eigenvalue weighted by Crippen LogP contribution is -2.36. The fourth-order valence-electron chi connectivity index (χ4n) is 2.50. The molecule has 21 heavy (non-hydrogen) atoms. The predicted molar refractivity (Wildman–Crippen MR) is 102 cm³/mol. The van der Waals surface area contributed by atoms with Crippen molar-refractivity contribution >= 4 is 41.5 Å². The van der Waals surface area contributed by atoms with E-state index in [-0.39, 0.29) is 29.4 Å². The molecule has 3 N–H and O–H groups in total. The molecule has 0 spiro atoms. The molecule has 1 aromatic rings. The first-order valence-electron chi connectivity index (χ1n) is 7.42. The fourth-order valence-corrected chi connectivity index (χ4v) is 2.62. The molecule has 0 saturated heterocycles. The average molecular weight is 422 g/mol. The zero-order valence-corrected chi connectivity index (χ0v) is 15.8. The SMILES string of the molecule is CCC(CC)(CN=C(N)NC1CC1)c1ccc(Cl)cc1.I. The first kappa shape index (κ1) is 18.6. The summed E-state index contributed by atoms with van der Waals surface area (Å²) in [6, 6.07) is 8.66. The van der Waals surface area contributed by atoms with E-state index >= 15 is 0 Å². The van der Waals surface area contributed by atoms with Crippen LogP contribution in [-0.2, 0) is 5.41 Å². The maximum Gasteiger partial charge on any atom is 0.188 e. The molecule has 1 aliphatic carbocycles. The molecule has 1 aliphatic rings. The quantitative estimate of drug-likeness (QED) is 0.413. The van der Waals surface area contributed by atoms with Gasteiger partial charge in [-0.2, -0.15) is 0 Å². The van der Waals surface area contributed by atoms with Crippen LogP contribution in [0.3, 0.4) is 0 Å². The zero-order chi connectivity index (χ0) is 14.6. The lowest BCUT2D eigenvalue weighted by atomic mass is 9.76. The van der Waals surface area contributed by atoms with Crippen LogP contribution >= 0.6 is 35.6 Å². The van der Waals surface area contributed by atoms with Crippen LogP contribution in [0.15, 0.2) is 29.3 Å². The number of nitrogens with zero attached hydrogens (tertiary/aromatic N) is 1. The van der Waals surface area contributed by atoms with Crippen LogP contribution in [0, 0.1) is 0 Å². The second-order valence-corrected chi connectivity index (χ2v) is 6.05. The summed E-state index contributed by atoms with van der Waals surface area (Å²) in [5.74, 6) is 0.577. The highest BCUT2D eigenvalue weighted by atomic mass is 127.